The first-order valence-corrected chi connectivity index (χ1v) is 7.27. The second-order valence-electron chi connectivity index (χ2n) is 4.75. The number of rotatable bonds is 4. The van der Waals surface area contributed by atoms with Crippen LogP contribution in [-0.2, 0) is 4.79 Å². The van der Waals surface area contributed by atoms with E-state index in [2.05, 4.69) is 38.1 Å². The fraction of sp³-hybridized carbons (Fsp3) is 0.385. The summed E-state index contributed by atoms with van der Waals surface area (Å²) in [5.41, 5.74) is 2.05. The molecule has 0 aliphatic rings. The zero-order valence-electron chi connectivity index (χ0n) is 11.4. The number of carboxylic acid groups (broad SMARTS) is 1. The lowest BCUT2D eigenvalue weighted by molar-refractivity contribution is -0.142. The van der Waals surface area contributed by atoms with Crippen molar-refractivity contribution in [3.8, 4) is 11.4 Å². The SMILES string of the molecule is Cc1cccc(-c2nnnn2C(C)C(C)C(=O)O)c1I. The topological polar surface area (TPSA) is 80.9 Å². The first-order chi connectivity index (χ1) is 9.43. The number of hydrogen-bond acceptors (Lipinski definition) is 4. The molecule has 1 heterocycles. The molecule has 2 aromatic rings. The molecule has 0 bridgehead atoms. The molecule has 0 fully saturated rings. The van der Waals surface area contributed by atoms with Gasteiger partial charge in [-0.25, -0.2) is 4.68 Å². The molecule has 20 heavy (non-hydrogen) atoms. The van der Waals surface area contributed by atoms with E-state index in [0.29, 0.717) is 5.82 Å². The summed E-state index contributed by atoms with van der Waals surface area (Å²) < 4.78 is 2.65. The number of nitrogens with zero attached hydrogens (tertiary/aromatic N) is 4. The Morgan fingerprint density at radius 2 is 2.10 bits per heavy atom. The van der Waals surface area contributed by atoms with E-state index in [1.165, 1.54) is 0 Å². The highest BCUT2D eigenvalue weighted by atomic mass is 127. The quantitative estimate of drug-likeness (QED) is 0.817. The van der Waals surface area contributed by atoms with Crippen LogP contribution in [0.5, 0.6) is 0 Å². The van der Waals surface area contributed by atoms with E-state index < -0.39 is 11.9 Å². The molecule has 2 unspecified atom stereocenters. The Hall–Kier alpha value is -1.51. The Bertz CT molecular complexity index is 641. The van der Waals surface area contributed by atoms with Crippen molar-refractivity contribution in [1.29, 1.82) is 0 Å². The number of carbonyl (C=O) groups is 1. The standard InChI is InChI=1S/C13H15IN4O2/c1-7-5-4-6-10(11(7)14)12-15-16-17-18(12)9(3)8(2)13(19)20/h4-6,8-9H,1-3H3,(H,19,20). The van der Waals surface area contributed by atoms with Crippen molar-refractivity contribution in [1.82, 2.24) is 20.2 Å². The number of aliphatic carboxylic acids is 1. The average Bonchev–Trinajstić information content (AvgIpc) is 2.89. The molecule has 2 atom stereocenters. The van der Waals surface area contributed by atoms with Gasteiger partial charge in [-0.05, 0) is 59.4 Å². The Morgan fingerprint density at radius 3 is 2.75 bits per heavy atom. The lowest BCUT2D eigenvalue weighted by Crippen LogP contribution is -2.23. The molecule has 1 aromatic carbocycles. The van der Waals surface area contributed by atoms with Gasteiger partial charge in [0, 0.05) is 9.13 Å². The Kier molecular flexibility index (Phi) is 4.36. The highest BCUT2D eigenvalue weighted by Crippen LogP contribution is 2.28. The molecule has 0 radical (unpaired) electrons. The van der Waals surface area contributed by atoms with Gasteiger partial charge in [-0.2, -0.15) is 0 Å². The van der Waals surface area contributed by atoms with Crippen molar-refractivity contribution in [2.45, 2.75) is 26.8 Å². The highest BCUT2D eigenvalue weighted by Gasteiger charge is 2.25. The van der Waals surface area contributed by atoms with Crippen molar-refractivity contribution in [3.05, 3.63) is 27.3 Å². The number of aromatic nitrogens is 4. The van der Waals surface area contributed by atoms with E-state index in [-0.39, 0.29) is 6.04 Å². The minimum atomic E-state index is -0.863. The van der Waals surface area contributed by atoms with E-state index >= 15 is 0 Å². The van der Waals surface area contributed by atoms with Crippen LogP contribution in [0.3, 0.4) is 0 Å². The Balaban J connectivity index is 2.48. The van der Waals surface area contributed by atoms with E-state index in [1.807, 2.05) is 25.1 Å². The number of tetrazole rings is 1. The molecular formula is C13H15IN4O2. The molecule has 0 aliphatic carbocycles. The van der Waals surface area contributed by atoms with Crippen LogP contribution in [0.2, 0.25) is 0 Å². The van der Waals surface area contributed by atoms with Gasteiger partial charge >= 0.3 is 5.97 Å². The fourth-order valence-electron chi connectivity index (χ4n) is 1.88. The molecule has 7 heteroatoms. The Morgan fingerprint density at radius 1 is 1.40 bits per heavy atom. The molecule has 0 saturated heterocycles. The van der Waals surface area contributed by atoms with Gasteiger partial charge in [-0.3, -0.25) is 4.79 Å². The summed E-state index contributed by atoms with van der Waals surface area (Å²) in [5.74, 6) is -0.837. The molecule has 0 spiro atoms. The second-order valence-corrected chi connectivity index (χ2v) is 5.83. The van der Waals surface area contributed by atoms with Gasteiger partial charge < -0.3 is 5.11 Å². The Labute approximate surface area is 130 Å². The predicted molar refractivity (Wildman–Crippen MR) is 82.2 cm³/mol. The van der Waals surface area contributed by atoms with Crippen LogP contribution < -0.4 is 0 Å². The van der Waals surface area contributed by atoms with Gasteiger partial charge in [0.15, 0.2) is 5.82 Å². The summed E-state index contributed by atoms with van der Waals surface area (Å²) in [5, 5.41) is 20.8. The van der Waals surface area contributed by atoms with Gasteiger partial charge in [-0.15, -0.1) is 5.10 Å². The number of halogens is 1. The summed E-state index contributed by atoms with van der Waals surface area (Å²) in [4.78, 5) is 11.1. The molecule has 1 aromatic heterocycles. The minimum Gasteiger partial charge on any atom is -0.481 e. The van der Waals surface area contributed by atoms with Crippen molar-refractivity contribution in [2.75, 3.05) is 0 Å². The smallest absolute Gasteiger partial charge is 0.308 e. The second kappa shape index (κ2) is 5.86. The van der Waals surface area contributed by atoms with E-state index in [4.69, 9.17) is 5.11 Å². The van der Waals surface area contributed by atoms with Crippen LogP contribution in [0, 0.1) is 16.4 Å². The van der Waals surface area contributed by atoms with Crippen molar-refractivity contribution >= 4 is 28.6 Å². The molecule has 2 rings (SSSR count). The van der Waals surface area contributed by atoms with Gasteiger partial charge in [0.2, 0.25) is 0 Å². The summed E-state index contributed by atoms with van der Waals surface area (Å²) in [7, 11) is 0. The van der Waals surface area contributed by atoms with Crippen molar-refractivity contribution < 1.29 is 9.90 Å². The van der Waals surface area contributed by atoms with Crippen LogP contribution in [0.25, 0.3) is 11.4 Å². The summed E-state index contributed by atoms with van der Waals surface area (Å²) in [6, 6.07) is 5.57. The zero-order chi connectivity index (χ0) is 14.9. The monoisotopic (exact) mass is 386 g/mol. The van der Waals surface area contributed by atoms with Crippen molar-refractivity contribution in [2.24, 2.45) is 5.92 Å². The maximum absolute atomic E-state index is 11.1. The van der Waals surface area contributed by atoms with Crippen LogP contribution in [0.15, 0.2) is 18.2 Å². The molecule has 1 N–H and O–H groups in total. The van der Waals surface area contributed by atoms with Gasteiger partial charge in [0.05, 0.1) is 12.0 Å². The van der Waals surface area contributed by atoms with Gasteiger partial charge in [-0.1, -0.05) is 18.2 Å². The van der Waals surface area contributed by atoms with Crippen LogP contribution in [0.4, 0.5) is 0 Å². The maximum Gasteiger partial charge on any atom is 0.308 e. The molecule has 0 amide bonds. The zero-order valence-corrected chi connectivity index (χ0v) is 13.6. The normalized spacial score (nSPS) is 14.0. The number of aryl methyl sites for hydroxylation is 1. The molecule has 6 nitrogen and oxygen atoms in total. The van der Waals surface area contributed by atoms with E-state index in [9.17, 15) is 4.79 Å². The maximum atomic E-state index is 11.1. The van der Waals surface area contributed by atoms with Crippen molar-refractivity contribution in [3.63, 3.8) is 0 Å². The molecule has 106 valence electrons. The fourth-order valence-corrected chi connectivity index (χ4v) is 2.48. The molecular weight excluding hydrogens is 371 g/mol. The lowest BCUT2D eigenvalue weighted by Gasteiger charge is -2.17. The highest BCUT2D eigenvalue weighted by molar-refractivity contribution is 14.1. The third-order valence-electron chi connectivity index (χ3n) is 3.42. The number of benzene rings is 1. The largest absolute Gasteiger partial charge is 0.481 e. The number of hydrogen-bond donors (Lipinski definition) is 1. The minimum absolute atomic E-state index is 0.325. The number of carboxylic acids is 1. The first-order valence-electron chi connectivity index (χ1n) is 6.19. The van der Waals surface area contributed by atoms with Crippen LogP contribution in [-0.4, -0.2) is 31.3 Å². The first kappa shape index (κ1) is 14.9. The third kappa shape index (κ3) is 2.67. The summed E-state index contributed by atoms with van der Waals surface area (Å²) in [6.07, 6.45) is 0. The van der Waals surface area contributed by atoms with Crippen LogP contribution >= 0.6 is 22.6 Å². The van der Waals surface area contributed by atoms with Gasteiger partial charge in [0.25, 0.3) is 0 Å². The molecule has 0 aliphatic heterocycles. The lowest BCUT2D eigenvalue weighted by atomic mass is 10.0. The average molecular weight is 386 g/mol. The van der Waals surface area contributed by atoms with E-state index in [1.54, 1.807) is 18.5 Å². The predicted octanol–water partition coefficient (Wildman–Crippen LogP) is 2.53. The summed E-state index contributed by atoms with van der Waals surface area (Å²) in [6.45, 7) is 5.48. The van der Waals surface area contributed by atoms with Gasteiger partial charge in [0.1, 0.15) is 0 Å². The van der Waals surface area contributed by atoms with E-state index in [0.717, 1.165) is 14.7 Å². The molecule has 0 saturated carbocycles. The summed E-state index contributed by atoms with van der Waals surface area (Å²) >= 11 is 2.25. The third-order valence-corrected chi connectivity index (χ3v) is 4.86. The van der Waals surface area contributed by atoms with Crippen LogP contribution in [0.1, 0.15) is 25.5 Å².